The van der Waals surface area contributed by atoms with Crippen molar-refractivity contribution < 1.29 is 19.6 Å². The van der Waals surface area contributed by atoms with Gasteiger partial charge in [0, 0.05) is 13.1 Å². The molecule has 1 N–H and O–H groups in total. The van der Waals surface area contributed by atoms with E-state index in [1.54, 1.807) is 0 Å². The second-order valence-electron chi connectivity index (χ2n) is 3.45. The molecule has 0 bridgehead atoms. The highest BCUT2D eigenvalue weighted by molar-refractivity contribution is 6.34. The summed E-state index contributed by atoms with van der Waals surface area (Å²) in [6, 6.07) is 3.80. The third kappa shape index (κ3) is 2.95. The van der Waals surface area contributed by atoms with Gasteiger partial charge in [0.15, 0.2) is 0 Å². The molecule has 8 heteroatoms. The third-order valence-electron chi connectivity index (χ3n) is 2.12. The predicted octanol–water partition coefficient (Wildman–Crippen LogP) is 1.40. The summed E-state index contributed by atoms with van der Waals surface area (Å²) in [6.45, 7) is -0.568. The number of hydrogen-bond donors (Lipinski definition) is 1. The van der Waals surface area contributed by atoms with Gasteiger partial charge in [-0.25, -0.2) is 0 Å². The number of halogens is 1. The monoisotopic (exact) mass is 272 g/mol. The Balaban J connectivity index is 3.19. The SMILES string of the molecule is CN(CC(=O)O)C(=O)c1c(Cl)cccc1[N+](=O)[O-]. The molecule has 0 spiro atoms. The van der Waals surface area contributed by atoms with Crippen molar-refractivity contribution in [2.24, 2.45) is 0 Å². The van der Waals surface area contributed by atoms with E-state index in [9.17, 15) is 19.7 Å². The number of likely N-dealkylation sites (N-methyl/N-ethyl adjacent to an activating group) is 1. The van der Waals surface area contributed by atoms with Crippen molar-refractivity contribution in [3.05, 3.63) is 38.9 Å². The van der Waals surface area contributed by atoms with E-state index in [4.69, 9.17) is 16.7 Å². The molecule has 7 nitrogen and oxygen atoms in total. The fraction of sp³-hybridized carbons (Fsp3) is 0.200. The Bertz CT molecular complexity index is 517. The molecule has 1 rings (SSSR count). The van der Waals surface area contributed by atoms with Crippen molar-refractivity contribution in [3.8, 4) is 0 Å². The van der Waals surface area contributed by atoms with E-state index < -0.39 is 29.0 Å². The third-order valence-corrected chi connectivity index (χ3v) is 2.44. The lowest BCUT2D eigenvalue weighted by molar-refractivity contribution is -0.385. The maximum absolute atomic E-state index is 11.9. The maximum atomic E-state index is 11.9. The first-order valence-corrected chi connectivity index (χ1v) is 5.12. The first kappa shape index (κ1) is 13.9. The van der Waals surface area contributed by atoms with Crippen LogP contribution < -0.4 is 0 Å². The smallest absolute Gasteiger partial charge is 0.323 e. The molecule has 1 aromatic rings. The van der Waals surface area contributed by atoms with E-state index in [1.165, 1.54) is 19.2 Å². The van der Waals surface area contributed by atoms with Crippen LogP contribution in [0.2, 0.25) is 5.02 Å². The summed E-state index contributed by atoms with van der Waals surface area (Å²) in [5, 5.41) is 19.3. The predicted molar refractivity (Wildman–Crippen MR) is 62.7 cm³/mol. The van der Waals surface area contributed by atoms with Gasteiger partial charge in [0.05, 0.1) is 9.95 Å². The van der Waals surface area contributed by atoms with Gasteiger partial charge in [0.1, 0.15) is 12.1 Å². The van der Waals surface area contributed by atoms with Crippen LogP contribution in [-0.4, -0.2) is 40.4 Å². The van der Waals surface area contributed by atoms with E-state index in [2.05, 4.69) is 0 Å². The second-order valence-corrected chi connectivity index (χ2v) is 3.85. The molecule has 0 radical (unpaired) electrons. The van der Waals surface area contributed by atoms with Gasteiger partial charge in [-0.2, -0.15) is 0 Å². The summed E-state index contributed by atoms with van der Waals surface area (Å²) in [4.78, 5) is 33.3. The number of aliphatic carboxylic acids is 1. The van der Waals surface area contributed by atoms with Crippen molar-refractivity contribution in [2.45, 2.75) is 0 Å². The molecule has 0 aliphatic carbocycles. The van der Waals surface area contributed by atoms with Crippen molar-refractivity contribution in [1.82, 2.24) is 4.90 Å². The summed E-state index contributed by atoms with van der Waals surface area (Å²) >= 11 is 5.75. The number of carboxylic acid groups (broad SMARTS) is 1. The number of carbonyl (C=O) groups excluding carboxylic acids is 1. The fourth-order valence-electron chi connectivity index (χ4n) is 1.34. The quantitative estimate of drug-likeness (QED) is 0.659. The summed E-state index contributed by atoms with van der Waals surface area (Å²) in [6.07, 6.45) is 0. The van der Waals surface area contributed by atoms with Gasteiger partial charge >= 0.3 is 5.97 Å². The molecule has 0 unspecified atom stereocenters. The topological polar surface area (TPSA) is 101 Å². The van der Waals surface area contributed by atoms with E-state index in [1.807, 2.05) is 0 Å². The molecule has 0 atom stereocenters. The number of amides is 1. The van der Waals surface area contributed by atoms with Gasteiger partial charge in [0.25, 0.3) is 11.6 Å². The molecule has 0 saturated carbocycles. The van der Waals surface area contributed by atoms with Crippen LogP contribution in [0.5, 0.6) is 0 Å². The Morgan fingerprint density at radius 3 is 2.61 bits per heavy atom. The molecule has 0 fully saturated rings. The fourth-order valence-corrected chi connectivity index (χ4v) is 1.59. The molecular weight excluding hydrogens is 264 g/mol. The van der Waals surface area contributed by atoms with Crippen LogP contribution >= 0.6 is 11.6 Å². The van der Waals surface area contributed by atoms with Crippen LogP contribution in [0.4, 0.5) is 5.69 Å². The lowest BCUT2D eigenvalue weighted by atomic mass is 10.1. The zero-order valence-corrected chi connectivity index (χ0v) is 10.0. The number of nitro groups is 1. The van der Waals surface area contributed by atoms with Gasteiger partial charge in [0.2, 0.25) is 0 Å². The largest absolute Gasteiger partial charge is 0.480 e. The van der Waals surface area contributed by atoms with Gasteiger partial charge in [-0.3, -0.25) is 19.7 Å². The minimum absolute atomic E-state index is 0.0913. The zero-order chi connectivity index (χ0) is 13.9. The number of nitrogens with zero attached hydrogens (tertiary/aromatic N) is 2. The molecule has 0 heterocycles. The van der Waals surface area contributed by atoms with Crippen LogP contribution in [0.3, 0.4) is 0 Å². The number of hydrogen-bond acceptors (Lipinski definition) is 4. The van der Waals surface area contributed by atoms with Gasteiger partial charge in [-0.1, -0.05) is 17.7 Å². The number of rotatable bonds is 4. The average Bonchev–Trinajstić information content (AvgIpc) is 2.26. The van der Waals surface area contributed by atoms with E-state index >= 15 is 0 Å². The molecule has 0 aliphatic heterocycles. The highest BCUT2D eigenvalue weighted by atomic mass is 35.5. The number of carboxylic acids is 1. The first-order valence-electron chi connectivity index (χ1n) is 4.74. The number of carbonyl (C=O) groups is 2. The standard InChI is InChI=1S/C10H9ClN2O5/c1-12(5-8(14)15)10(16)9-6(11)3-2-4-7(9)13(17)18/h2-4H,5H2,1H3,(H,14,15). The van der Waals surface area contributed by atoms with Crippen molar-refractivity contribution in [3.63, 3.8) is 0 Å². The summed E-state index contributed by atoms with van der Waals surface area (Å²) in [5.41, 5.74) is -0.766. The van der Waals surface area contributed by atoms with Crippen LogP contribution in [0.15, 0.2) is 18.2 Å². The minimum atomic E-state index is -1.22. The molecule has 0 saturated heterocycles. The van der Waals surface area contributed by atoms with Crippen molar-refractivity contribution >= 4 is 29.2 Å². The maximum Gasteiger partial charge on any atom is 0.323 e. The molecule has 18 heavy (non-hydrogen) atoms. The lowest BCUT2D eigenvalue weighted by Gasteiger charge is -2.15. The van der Waals surface area contributed by atoms with Gasteiger partial charge in [-0.05, 0) is 6.07 Å². The van der Waals surface area contributed by atoms with E-state index in [-0.39, 0.29) is 10.6 Å². The zero-order valence-electron chi connectivity index (χ0n) is 9.29. The Labute approximate surface area is 107 Å². The van der Waals surface area contributed by atoms with Crippen LogP contribution in [0, 0.1) is 10.1 Å². The van der Waals surface area contributed by atoms with Crippen molar-refractivity contribution in [1.29, 1.82) is 0 Å². The molecule has 0 aromatic heterocycles. The lowest BCUT2D eigenvalue weighted by Crippen LogP contribution is -2.32. The Morgan fingerprint density at radius 2 is 2.11 bits per heavy atom. The molecule has 0 aliphatic rings. The first-order chi connectivity index (χ1) is 8.34. The molecule has 1 aromatic carbocycles. The van der Waals surface area contributed by atoms with E-state index in [0.717, 1.165) is 11.0 Å². The number of benzene rings is 1. The summed E-state index contributed by atoms with van der Waals surface area (Å²) in [5.74, 6) is -2.03. The second kappa shape index (κ2) is 5.46. The Hall–Kier alpha value is -2.15. The van der Waals surface area contributed by atoms with Gasteiger partial charge < -0.3 is 10.0 Å². The normalized spacial score (nSPS) is 9.89. The van der Waals surface area contributed by atoms with Crippen LogP contribution in [-0.2, 0) is 4.79 Å². The molecule has 1 amide bonds. The van der Waals surface area contributed by atoms with E-state index in [0.29, 0.717) is 0 Å². The van der Waals surface area contributed by atoms with Crippen molar-refractivity contribution in [2.75, 3.05) is 13.6 Å². The van der Waals surface area contributed by atoms with Crippen LogP contribution in [0.25, 0.3) is 0 Å². The average molecular weight is 273 g/mol. The summed E-state index contributed by atoms with van der Waals surface area (Å²) in [7, 11) is 1.23. The van der Waals surface area contributed by atoms with Gasteiger partial charge in [-0.15, -0.1) is 0 Å². The highest BCUT2D eigenvalue weighted by Gasteiger charge is 2.26. The molecule has 96 valence electrons. The molecular formula is C10H9ClN2O5. The number of nitro benzene ring substituents is 1. The summed E-state index contributed by atoms with van der Waals surface area (Å²) < 4.78 is 0. The van der Waals surface area contributed by atoms with Crippen LogP contribution in [0.1, 0.15) is 10.4 Å². The Kier molecular flexibility index (Phi) is 4.22. The highest BCUT2D eigenvalue weighted by Crippen LogP contribution is 2.27. The Morgan fingerprint density at radius 1 is 1.50 bits per heavy atom. The minimum Gasteiger partial charge on any atom is -0.480 e.